The molecule has 2 heterocycles. The Labute approximate surface area is 151 Å². The predicted molar refractivity (Wildman–Crippen MR) is 93.7 cm³/mol. The van der Waals surface area contributed by atoms with Crippen LogP contribution in [0.4, 0.5) is 13.2 Å². The lowest BCUT2D eigenvalue weighted by molar-refractivity contribution is 0.0414. The van der Waals surface area contributed by atoms with E-state index in [2.05, 4.69) is 16.8 Å². The molecule has 0 spiro atoms. The van der Waals surface area contributed by atoms with Gasteiger partial charge >= 0.3 is 0 Å². The van der Waals surface area contributed by atoms with Crippen molar-refractivity contribution in [3.63, 3.8) is 0 Å². The fourth-order valence-corrected chi connectivity index (χ4v) is 3.14. The summed E-state index contributed by atoms with van der Waals surface area (Å²) in [5.74, 6) is -2.64. The molecular formula is C19H22F3N3O. The van der Waals surface area contributed by atoms with Gasteiger partial charge < -0.3 is 15.0 Å². The molecular weight excluding hydrogens is 343 g/mol. The van der Waals surface area contributed by atoms with Crippen LogP contribution in [0.15, 0.2) is 54.7 Å². The molecule has 1 saturated heterocycles. The number of nitrogens with one attached hydrogen (secondary N) is 1. The van der Waals surface area contributed by atoms with Crippen molar-refractivity contribution in [3.8, 4) is 0 Å². The van der Waals surface area contributed by atoms with Gasteiger partial charge in [0.25, 0.3) is 0 Å². The minimum atomic E-state index is -0.969. The molecule has 1 aromatic carbocycles. The fourth-order valence-electron chi connectivity index (χ4n) is 3.14. The van der Waals surface area contributed by atoms with Crippen molar-refractivity contribution in [1.29, 1.82) is 0 Å². The summed E-state index contributed by atoms with van der Waals surface area (Å²) in [6.45, 7) is 7.73. The van der Waals surface area contributed by atoms with Crippen LogP contribution >= 0.6 is 0 Å². The summed E-state index contributed by atoms with van der Waals surface area (Å²) in [4.78, 5) is 4.13. The van der Waals surface area contributed by atoms with Gasteiger partial charge in [-0.1, -0.05) is 12.1 Å². The Morgan fingerprint density at radius 1 is 1.23 bits per heavy atom. The number of rotatable bonds is 6. The van der Waals surface area contributed by atoms with E-state index >= 15 is 0 Å². The number of hydrogen-bond donors (Lipinski definition) is 1. The Kier molecular flexibility index (Phi) is 6.00. The molecule has 0 saturated carbocycles. The number of nitrogens with zero attached hydrogens (tertiary/aromatic N) is 2. The van der Waals surface area contributed by atoms with Gasteiger partial charge in [0.2, 0.25) is 0 Å². The maximum atomic E-state index is 13.6. The number of hydrogen-bond acceptors (Lipinski definition) is 4. The Morgan fingerprint density at radius 3 is 2.69 bits per heavy atom. The van der Waals surface area contributed by atoms with Crippen LogP contribution in [0.3, 0.4) is 0 Å². The van der Waals surface area contributed by atoms with E-state index in [4.69, 9.17) is 4.74 Å². The summed E-state index contributed by atoms with van der Waals surface area (Å²) in [5.41, 5.74) is 1.56. The molecule has 0 bridgehead atoms. The summed E-state index contributed by atoms with van der Waals surface area (Å²) in [7, 11) is 0. The zero-order valence-corrected chi connectivity index (χ0v) is 14.4. The molecule has 0 aliphatic carbocycles. The molecule has 2 aliphatic heterocycles. The van der Waals surface area contributed by atoms with E-state index in [-0.39, 0.29) is 0 Å². The van der Waals surface area contributed by atoms with Gasteiger partial charge in [0.15, 0.2) is 17.6 Å². The number of ether oxygens (including phenoxy) is 1. The minimum Gasteiger partial charge on any atom is -0.379 e. The number of allylic oxidation sites excluding steroid dienone is 2. The standard InChI is InChI=1S/C19H22F3N3O/c1-14(20)23-19(16-4-5-17(21)18(22)11-16)25-6-2-3-15(13-25)12-24-7-9-26-10-8-24/h2-6,11,19,23H,1,7-10,12-13H2. The van der Waals surface area contributed by atoms with Crippen molar-refractivity contribution < 1.29 is 17.9 Å². The molecule has 0 aromatic heterocycles. The third-order valence-electron chi connectivity index (χ3n) is 4.41. The highest BCUT2D eigenvalue weighted by Crippen LogP contribution is 2.25. The van der Waals surface area contributed by atoms with E-state index in [0.717, 1.165) is 37.3 Å². The van der Waals surface area contributed by atoms with Crippen LogP contribution in [0.2, 0.25) is 0 Å². The highest BCUT2D eigenvalue weighted by molar-refractivity contribution is 5.26. The van der Waals surface area contributed by atoms with E-state index in [9.17, 15) is 13.2 Å². The quantitative estimate of drug-likeness (QED) is 0.784. The average Bonchev–Trinajstić information content (AvgIpc) is 2.63. The smallest absolute Gasteiger partial charge is 0.181 e. The second-order valence-corrected chi connectivity index (χ2v) is 6.35. The molecule has 1 unspecified atom stereocenters. The van der Waals surface area contributed by atoms with Gasteiger partial charge in [-0.3, -0.25) is 4.90 Å². The van der Waals surface area contributed by atoms with Crippen molar-refractivity contribution >= 4 is 0 Å². The van der Waals surface area contributed by atoms with Gasteiger partial charge in [-0.2, -0.15) is 4.39 Å². The van der Waals surface area contributed by atoms with Gasteiger partial charge in [0, 0.05) is 32.4 Å². The van der Waals surface area contributed by atoms with E-state index in [1.807, 2.05) is 17.1 Å². The van der Waals surface area contributed by atoms with Gasteiger partial charge in [0.1, 0.15) is 6.17 Å². The fraction of sp³-hybridized carbons (Fsp3) is 0.368. The van der Waals surface area contributed by atoms with Gasteiger partial charge in [0.05, 0.1) is 13.2 Å². The summed E-state index contributed by atoms with van der Waals surface area (Å²) < 4.78 is 45.7. The van der Waals surface area contributed by atoms with Crippen molar-refractivity contribution in [2.45, 2.75) is 6.17 Å². The molecule has 1 fully saturated rings. The minimum absolute atomic E-state index is 0.417. The van der Waals surface area contributed by atoms with E-state index in [1.165, 1.54) is 6.07 Å². The van der Waals surface area contributed by atoms with Crippen LogP contribution in [0.5, 0.6) is 0 Å². The first-order chi connectivity index (χ1) is 12.5. The molecule has 3 rings (SSSR count). The molecule has 140 valence electrons. The Bertz CT molecular complexity index is 714. The summed E-state index contributed by atoms with van der Waals surface area (Å²) >= 11 is 0. The van der Waals surface area contributed by atoms with Crippen molar-refractivity contribution in [2.24, 2.45) is 0 Å². The Morgan fingerprint density at radius 2 is 2.00 bits per heavy atom. The average molecular weight is 365 g/mol. The molecule has 26 heavy (non-hydrogen) atoms. The van der Waals surface area contributed by atoms with E-state index < -0.39 is 23.8 Å². The third-order valence-corrected chi connectivity index (χ3v) is 4.41. The zero-order chi connectivity index (χ0) is 18.5. The first-order valence-corrected chi connectivity index (χ1v) is 8.51. The molecule has 7 heteroatoms. The molecule has 0 amide bonds. The first kappa shape index (κ1) is 18.5. The highest BCUT2D eigenvalue weighted by Gasteiger charge is 2.23. The van der Waals surface area contributed by atoms with Crippen molar-refractivity contribution in [3.05, 3.63) is 71.9 Å². The molecule has 4 nitrogen and oxygen atoms in total. The lowest BCUT2D eigenvalue weighted by Crippen LogP contribution is -2.41. The lowest BCUT2D eigenvalue weighted by atomic mass is 10.1. The van der Waals surface area contributed by atoms with Crippen LogP contribution < -0.4 is 5.32 Å². The van der Waals surface area contributed by atoms with Crippen molar-refractivity contribution in [2.75, 3.05) is 39.4 Å². The van der Waals surface area contributed by atoms with E-state index in [0.29, 0.717) is 25.3 Å². The summed E-state index contributed by atoms with van der Waals surface area (Å²) in [6.07, 6.45) is 5.00. The maximum Gasteiger partial charge on any atom is 0.181 e. The van der Waals surface area contributed by atoms with Gasteiger partial charge in [-0.15, -0.1) is 0 Å². The third kappa shape index (κ3) is 4.68. The van der Waals surface area contributed by atoms with Crippen LogP contribution in [-0.2, 0) is 4.74 Å². The largest absolute Gasteiger partial charge is 0.379 e. The van der Waals surface area contributed by atoms with Crippen LogP contribution in [0.25, 0.3) is 0 Å². The first-order valence-electron chi connectivity index (χ1n) is 8.51. The number of morpholine rings is 1. The molecule has 1 atom stereocenters. The predicted octanol–water partition coefficient (Wildman–Crippen LogP) is 3.08. The number of benzene rings is 1. The Balaban J connectivity index is 1.74. The topological polar surface area (TPSA) is 27.7 Å². The number of halogens is 3. The van der Waals surface area contributed by atoms with Gasteiger partial charge in [-0.05, 0) is 35.9 Å². The molecule has 2 aliphatic rings. The van der Waals surface area contributed by atoms with Crippen LogP contribution in [0.1, 0.15) is 11.7 Å². The van der Waals surface area contributed by atoms with Crippen molar-refractivity contribution in [1.82, 2.24) is 15.1 Å². The lowest BCUT2D eigenvalue weighted by Gasteiger charge is -2.35. The zero-order valence-electron chi connectivity index (χ0n) is 14.4. The van der Waals surface area contributed by atoms with Gasteiger partial charge in [-0.25, -0.2) is 8.78 Å². The Hall–Kier alpha value is -2.25. The molecule has 1 aromatic rings. The maximum absolute atomic E-state index is 13.6. The normalized spacial score (nSPS) is 19.2. The van der Waals surface area contributed by atoms with Crippen LogP contribution in [0, 0.1) is 11.6 Å². The SMILES string of the molecule is C=C(F)NC(c1ccc(F)c(F)c1)N1C=CC=C(CN2CCOCC2)C1. The summed E-state index contributed by atoms with van der Waals surface area (Å²) in [5, 5.41) is 2.60. The van der Waals surface area contributed by atoms with E-state index in [1.54, 1.807) is 6.20 Å². The molecule has 1 N–H and O–H groups in total. The monoisotopic (exact) mass is 365 g/mol. The van der Waals surface area contributed by atoms with Crippen LogP contribution in [-0.4, -0.2) is 49.2 Å². The highest BCUT2D eigenvalue weighted by atomic mass is 19.2. The molecule has 0 radical (unpaired) electrons. The second-order valence-electron chi connectivity index (χ2n) is 6.35. The summed E-state index contributed by atoms with van der Waals surface area (Å²) in [6, 6.07) is 3.55. The second kappa shape index (κ2) is 8.42.